The number of aromatic nitrogens is 2. The average Bonchev–Trinajstić information content (AvgIpc) is 2.72. The van der Waals surface area contributed by atoms with Crippen molar-refractivity contribution in [3.63, 3.8) is 0 Å². The van der Waals surface area contributed by atoms with Gasteiger partial charge in [-0.3, -0.25) is 0 Å². The fourth-order valence-corrected chi connectivity index (χ4v) is 3.99. The van der Waals surface area contributed by atoms with E-state index >= 15 is 0 Å². The lowest BCUT2D eigenvalue weighted by atomic mass is 9.85. The van der Waals surface area contributed by atoms with Crippen LogP contribution < -0.4 is 5.73 Å². The van der Waals surface area contributed by atoms with E-state index in [9.17, 15) is 0 Å². The molecule has 0 saturated heterocycles. The Balaban J connectivity index is 2.05. The van der Waals surface area contributed by atoms with Crippen LogP contribution in [-0.4, -0.2) is 16.2 Å². The summed E-state index contributed by atoms with van der Waals surface area (Å²) >= 11 is 0. The zero-order chi connectivity index (χ0) is 19.0. The number of nitrogens with zero attached hydrogens (tertiary/aromatic N) is 2. The molecule has 3 N–H and O–H groups in total. The Morgan fingerprint density at radius 3 is 2.44 bits per heavy atom. The molecule has 2 heterocycles. The molecule has 0 fully saturated rings. The Morgan fingerprint density at radius 1 is 0.963 bits per heavy atom. The molecule has 0 unspecified atom stereocenters. The molecule has 0 bridgehead atoms. The van der Waals surface area contributed by atoms with Gasteiger partial charge in [-0.15, -0.1) is 0 Å². The van der Waals surface area contributed by atoms with Gasteiger partial charge in [-0.2, -0.15) is 0 Å². The summed E-state index contributed by atoms with van der Waals surface area (Å²) in [6, 6.07) is 7.79. The first kappa shape index (κ1) is 17.2. The van der Waals surface area contributed by atoms with E-state index in [1.807, 2.05) is 24.3 Å². The summed E-state index contributed by atoms with van der Waals surface area (Å²) in [4.78, 5) is 9.74. The van der Waals surface area contributed by atoms with Crippen molar-refractivity contribution < 1.29 is 0 Å². The molecule has 0 aliphatic heterocycles. The van der Waals surface area contributed by atoms with Crippen LogP contribution in [0.2, 0.25) is 0 Å². The molecule has 1 aliphatic carbocycles. The summed E-state index contributed by atoms with van der Waals surface area (Å²) in [5.74, 6) is 0. The second kappa shape index (κ2) is 6.80. The first-order valence-electron chi connectivity index (χ1n) is 9.18. The van der Waals surface area contributed by atoms with Gasteiger partial charge in [0.1, 0.15) is 0 Å². The maximum absolute atomic E-state index is 7.83. The Labute approximate surface area is 159 Å². The van der Waals surface area contributed by atoms with E-state index in [1.54, 1.807) is 12.2 Å². The molecule has 134 valence electrons. The summed E-state index contributed by atoms with van der Waals surface area (Å²) in [5.41, 5.74) is 14.5. The van der Waals surface area contributed by atoms with Gasteiger partial charge < -0.3 is 11.1 Å². The number of aryl methyl sites for hydroxylation is 1. The van der Waals surface area contributed by atoms with Gasteiger partial charge in [0.15, 0.2) is 0 Å². The van der Waals surface area contributed by atoms with Gasteiger partial charge in [0, 0.05) is 22.9 Å². The van der Waals surface area contributed by atoms with Crippen molar-refractivity contribution in [3.05, 3.63) is 65.4 Å². The third kappa shape index (κ3) is 2.74. The van der Waals surface area contributed by atoms with Crippen LogP contribution in [0.25, 0.3) is 34.4 Å². The fraction of sp³-hybridized carbons (Fsp3) is 0.174. The van der Waals surface area contributed by atoms with Crippen LogP contribution in [0.4, 0.5) is 5.69 Å². The first-order valence-corrected chi connectivity index (χ1v) is 9.18. The Morgan fingerprint density at radius 2 is 1.74 bits per heavy atom. The molecular weight excluding hydrogens is 332 g/mol. The number of nitrogen functional groups attached to an aromatic ring is 1. The summed E-state index contributed by atoms with van der Waals surface area (Å²) in [6.45, 7) is 7.72. The van der Waals surface area contributed by atoms with E-state index in [1.165, 1.54) is 17.3 Å². The van der Waals surface area contributed by atoms with Gasteiger partial charge in [0.05, 0.1) is 22.6 Å². The third-order valence-electron chi connectivity index (χ3n) is 5.30. The molecule has 0 saturated carbocycles. The van der Waals surface area contributed by atoms with Crippen molar-refractivity contribution >= 4 is 35.0 Å². The van der Waals surface area contributed by atoms with Gasteiger partial charge in [-0.05, 0) is 66.6 Å². The second-order valence-electron chi connectivity index (χ2n) is 6.81. The van der Waals surface area contributed by atoms with Crippen LogP contribution in [0.5, 0.6) is 0 Å². The fourth-order valence-electron chi connectivity index (χ4n) is 3.99. The van der Waals surface area contributed by atoms with Crippen molar-refractivity contribution in [2.45, 2.75) is 25.7 Å². The standard InChI is InChI=1S/C23H22N4/c1-3-14-9-11-21(26-19(14)4-2)23-16-8-6-5-7-15(16)22-17(13-24)18(25)10-12-20(22)27-23/h3-4,9-13,24H,1-2,5-8,25H2. The Hall–Kier alpha value is -3.27. The van der Waals surface area contributed by atoms with Crippen LogP contribution in [0.1, 0.15) is 40.8 Å². The number of hydrogen-bond acceptors (Lipinski definition) is 4. The minimum atomic E-state index is 0.627. The molecule has 0 radical (unpaired) electrons. The lowest BCUT2D eigenvalue weighted by Gasteiger charge is -2.22. The van der Waals surface area contributed by atoms with Gasteiger partial charge in [0.2, 0.25) is 0 Å². The van der Waals surface area contributed by atoms with Crippen LogP contribution in [0.3, 0.4) is 0 Å². The van der Waals surface area contributed by atoms with Crippen molar-refractivity contribution in [2.24, 2.45) is 0 Å². The molecule has 0 spiro atoms. The van der Waals surface area contributed by atoms with Crippen molar-refractivity contribution in [2.75, 3.05) is 5.73 Å². The van der Waals surface area contributed by atoms with Gasteiger partial charge in [-0.1, -0.05) is 25.3 Å². The lowest BCUT2D eigenvalue weighted by Crippen LogP contribution is -2.10. The second-order valence-corrected chi connectivity index (χ2v) is 6.81. The predicted molar refractivity (Wildman–Crippen MR) is 114 cm³/mol. The molecular formula is C23H22N4. The van der Waals surface area contributed by atoms with Gasteiger partial charge in [-0.25, -0.2) is 9.97 Å². The molecule has 1 aromatic carbocycles. The molecule has 27 heavy (non-hydrogen) atoms. The normalized spacial score (nSPS) is 13.2. The zero-order valence-electron chi connectivity index (χ0n) is 15.3. The number of hydrogen-bond donors (Lipinski definition) is 2. The van der Waals surface area contributed by atoms with Gasteiger partial charge in [0.25, 0.3) is 0 Å². The van der Waals surface area contributed by atoms with Crippen LogP contribution in [0.15, 0.2) is 37.4 Å². The predicted octanol–water partition coefficient (Wildman–Crippen LogP) is 5.04. The molecule has 4 heteroatoms. The topological polar surface area (TPSA) is 75.7 Å². The largest absolute Gasteiger partial charge is 0.398 e. The van der Waals surface area contributed by atoms with Crippen LogP contribution in [0, 0.1) is 5.41 Å². The minimum Gasteiger partial charge on any atom is -0.398 e. The molecule has 4 rings (SSSR count). The maximum atomic E-state index is 7.83. The number of nitrogens with one attached hydrogen (secondary N) is 1. The number of pyridine rings is 2. The maximum Gasteiger partial charge on any atom is 0.0928 e. The number of nitrogens with two attached hydrogens (primary N) is 1. The minimum absolute atomic E-state index is 0.627. The van der Waals surface area contributed by atoms with E-state index in [-0.39, 0.29) is 0 Å². The first-order chi connectivity index (χ1) is 13.2. The molecule has 3 aromatic rings. The summed E-state index contributed by atoms with van der Waals surface area (Å²) in [5, 5.41) is 8.86. The van der Waals surface area contributed by atoms with E-state index < -0.39 is 0 Å². The SMILES string of the molecule is C=Cc1ccc(-c2nc3ccc(N)c(C=N)c3c3c2CCCC3)nc1C=C. The lowest BCUT2D eigenvalue weighted by molar-refractivity contribution is 0.688. The molecule has 2 aromatic heterocycles. The van der Waals surface area contributed by atoms with Crippen molar-refractivity contribution in [3.8, 4) is 11.4 Å². The summed E-state index contributed by atoms with van der Waals surface area (Å²) in [7, 11) is 0. The number of rotatable bonds is 4. The van der Waals surface area contributed by atoms with Crippen LogP contribution >= 0.6 is 0 Å². The highest BCUT2D eigenvalue weighted by atomic mass is 14.8. The molecule has 0 atom stereocenters. The highest BCUT2D eigenvalue weighted by Gasteiger charge is 2.22. The van der Waals surface area contributed by atoms with Crippen LogP contribution in [-0.2, 0) is 12.8 Å². The summed E-state index contributed by atoms with van der Waals surface area (Å²) < 4.78 is 0. The number of fused-ring (bicyclic) bond motifs is 3. The van der Waals surface area contributed by atoms with Crippen molar-refractivity contribution in [1.29, 1.82) is 5.41 Å². The third-order valence-corrected chi connectivity index (χ3v) is 5.30. The summed E-state index contributed by atoms with van der Waals surface area (Å²) in [6.07, 6.45) is 9.10. The van der Waals surface area contributed by atoms with Crippen molar-refractivity contribution in [1.82, 2.24) is 9.97 Å². The highest BCUT2D eigenvalue weighted by molar-refractivity contribution is 6.05. The Bertz CT molecular complexity index is 1100. The smallest absolute Gasteiger partial charge is 0.0928 e. The number of anilines is 1. The van der Waals surface area contributed by atoms with E-state index in [4.69, 9.17) is 21.1 Å². The zero-order valence-corrected chi connectivity index (χ0v) is 15.3. The highest BCUT2D eigenvalue weighted by Crippen LogP contribution is 2.37. The Kier molecular flexibility index (Phi) is 4.32. The van der Waals surface area contributed by atoms with E-state index in [0.29, 0.717) is 5.69 Å². The van der Waals surface area contributed by atoms with E-state index in [0.717, 1.165) is 64.8 Å². The number of benzene rings is 1. The quantitative estimate of drug-likeness (QED) is 0.509. The monoisotopic (exact) mass is 354 g/mol. The molecule has 0 amide bonds. The molecule has 4 nitrogen and oxygen atoms in total. The average molecular weight is 354 g/mol. The van der Waals surface area contributed by atoms with Gasteiger partial charge >= 0.3 is 0 Å². The van der Waals surface area contributed by atoms with E-state index in [2.05, 4.69) is 13.2 Å². The molecule has 1 aliphatic rings.